The Morgan fingerprint density at radius 3 is 2.29 bits per heavy atom. The molecule has 0 heterocycles. The molecule has 0 amide bonds. The van der Waals surface area contributed by atoms with Crippen molar-refractivity contribution in [2.24, 2.45) is 0 Å². The van der Waals surface area contributed by atoms with Gasteiger partial charge in [0.1, 0.15) is 0 Å². The number of methoxy groups -OCH3 is 1. The van der Waals surface area contributed by atoms with E-state index in [1.165, 1.54) is 11.1 Å². The van der Waals surface area contributed by atoms with Crippen molar-refractivity contribution in [1.29, 1.82) is 0 Å². The van der Waals surface area contributed by atoms with E-state index in [2.05, 4.69) is 57.3 Å². The highest BCUT2D eigenvalue weighted by Gasteiger charge is 2.15. The van der Waals surface area contributed by atoms with Crippen LogP contribution < -0.4 is 5.32 Å². The molecule has 0 aliphatic rings. The van der Waals surface area contributed by atoms with Gasteiger partial charge in [0.05, 0.1) is 25.9 Å². The molecular formula is C18H31NO2. The summed E-state index contributed by atoms with van der Waals surface area (Å²) in [6.45, 7) is 11.9. The summed E-state index contributed by atoms with van der Waals surface area (Å²) in [6, 6.07) is 9.13. The van der Waals surface area contributed by atoms with Gasteiger partial charge in [0.2, 0.25) is 0 Å². The molecule has 0 aromatic heterocycles. The molecule has 3 heteroatoms. The normalized spacial score (nSPS) is 13.4. The van der Waals surface area contributed by atoms with Gasteiger partial charge in [0, 0.05) is 7.11 Å². The largest absolute Gasteiger partial charge is 0.382 e. The molecule has 0 bridgehead atoms. The SMILES string of the molecule is CCCNC(COCCOC)c1ccc(C(C)(C)C)cc1. The number of hydrogen-bond acceptors (Lipinski definition) is 3. The van der Waals surface area contributed by atoms with E-state index in [1.807, 2.05) is 0 Å². The second-order valence-electron chi connectivity index (χ2n) is 6.45. The number of rotatable bonds is 9. The Hall–Kier alpha value is -0.900. The maximum absolute atomic E-state index is 5.70. The lowest BCUT2D eigenvalue weighted by molar-refractivity contribution is 0.0586. The van der Waals surface area contributed by atoms with Crippen LogP contribution in [0.4, 0.5) is 0 Å². The average Bonchev–Trinajstić information content (AvgIpc) is 2.46. The highest BCUT2D eigenvalue weighted by Crippen LogP contribution is 2.24. The molecule has 1 atom stereocenters. The molecule has 1 rings (SSSR count). The van der Waals surface area contributed by atoms with Crippen LogP contribution in [0.25, 0.3) is 0 Å². The Labute approximate surface area is 130 Å². The molecule has 21 heavy (non-hydrogen) atoms. The van der Waals surface area contributed by atoms with E-state index in [-0.39, 0.29) is 11.5 Å². The molecule has 0 fully saturated rings. The minimum Gasteiger partial charge on any atom is -0.382 e. The van der Waals surface area contributed by atoms with Gasteiger partial charge in [-0.05, 0) is 29.5 Å². The van der Waals surface area contributed by atoms with Gasteiger partial charge in [-0.3, -0.25) is 0 Å². The predicted molar refractivity (Wildman–Crippen MR) is 88.9 cm³/mol. The third-order valence-electron chi connectivity index (χ3n) is 3.54. The van der Waals surface area contributed by atoms with Crippen molar-refractivity contribution < 1.29 is 9.47 Å². The van der Waals surface area contributed by atoms with E-state index < -0.39 is 0 Å². The van der Waals surface area contributed by atoms with Gasteiger partial charge in [0.15, 0.2) is 0 Å². The molecule has 1 unspecified atom stereocenters. The van der Waals surface area contributed by atoms with Crippen molar-refractivity contribution in [3.05, 3.63) is 35.4 Å². The van der Waals surface area contributed by atoms with Crippen LogP contribution in [0.15, 0.2) is 24.3 Å². The van der Waals surface area contributed by atoms with Crippen LogP contribution in [0.2, 0.25) is 0 Å². The molecular weight excluding hydrogens is 262 g/mol. The molecule has 120 valence electrons. The second-order valence-corrected chi connectivity index (χ2v) is 6.45. The molecule has 1 aromatic rings. The summed E-state index contributed by atoms with van der Waals surface area (Å²) in [5.41, 5.74) is 2.84. The van der Waals surface area contributed by atoms with E-state index >= 15 is 0 Å². The maximum Gasteiger partial charge on any atom is 0.0701 e. The minimum absolute atomic E-state index is 0.194. The Balaban J connectivity index is 2.68. The number of benzene rings is 1. The number of nitrogens with one attached hydrogen (secondary N) is 1. The molecule has 0 aliphatic carbocycles. The Bertz CT molecular complexity index is 381. The Morgan fingerprint density at radius 1 is 1.10 bits per heavy atom. The average molecular weight is 293 g/mol. The fourth-order valence-electron chi connectivity index (χ4n) is 2.15. The molecule has 1 aromatic carbocycles. The van der Waals surface area contributed by atoms with Crippen molar-refractivity contribution in [2.45, 2.75) is 45.6 Å². The minimum atomic E-state index is 0.194. The zero-order chi connectivity index (χ0) is 15.7. The highest BCUT2D eigenvalue weighted by molar-refractivity contribution is 5.29. The third-order valence-corrected chi connectivity index (χ3v) is 3.54. The van der Waals surface area contributed by atoms with Crippen LogP contribution >= 0.6 is 0 Å². The molecule has 0 aliphatic heterocycles. The first kappa shape index (κ1) is 18.1. The van der Waals surface area contributed by atoms with Crippen LogP contribution in [-0.4, -0.2) is 33.5 Å². The lowest BCUT2D eigenvalue weighted by Crippen LogP contribution is -2.27. The fraction of sp³-hybridized carbons (Fsp3) is 0.667. The maximum atomic E-state index is 5.70. The number of ether oxygens (including phenoxy) is 2. The smallest absolute Gasteiger partial charge is 0.0701 e. The molecule has 0 saturated carbocycles. The van der Waals surface area contributed by atoms with Gasteiger partial charge in [-0.15, -0.1) is 0 Å². The van der Waals surface area contributed by atoms with Gasteiger partial charge in [-0.2, -0.15) is 0 Å². The summed E-state index contributed by atoms with van der Waals surface area (Å²) in [5, 5.41) is 3.56. The van der Waals surface area contributed by atoms with Crippen LogP contribution in [0.1, 0.15) is 51.3 Å². The molecule has 1 N–H and O–H groups in total. The first-order chi connectivity index (χ1) is 9.99. The van der Waals surface area contributed by atoms with E-state index in [4.69, 9.17) is 9.47 Å². The van der Waals surface area contributed by atoms with Gasteiger partial charge in [0.25, 0.3) is 0 Å². The summed E-state index contributed by atoms with van der Waals surface area (Å²) in [4.78, 5) is 0. The monoisotopic (exact) mass is 293 g/mol. The van der Waals surface area contributed by atoms with E-state index in [9.17, 15) is 0 Å². The molecule has 0 saturated heterocycles. The van der Waals surface area contributed by atoms with Crippen LogP contribution in [0.3, 0.4) is 0 Å². The third kappa shape index (κ3) is 6.60. The predicted octanol–water partition coefficient (Wildman–Crippen LogP) is 3.69. The standard InChI is InChI=1S/C18H31NO2/c1-6-11-19-17(14-21-13-12-20-5)15-7-9-16(10-8-15)18(2,3)4/h7-10,17,19H,6,11-14H2,1-5H3. The van der Waals surface area contributed by atoms with Gasteiger partial charge < -0.3 is 14.8 Å². The molecule has 0 spiro atoms. The molecule has 3 nitrogen and oxygen atoms in total. The highest BCUT2D eigenvalue weighted by atomic mass is 16.5. The topological polar surface area (TPSA) is 30.5 Å². The van der Waals surface area contributed by atoms with Crippen molar-refractivity contribution >= 4 is 0 Å². The van der Waals surface area contributed by atoms with Crippen molar-refractivity contribution in [3.63, 3.8) is 0 Å². The molecule has 0 radical (unpaired) electrons. The first-order valence-electron chi connectivity index (χ1n) is 7.89. The van der Waals surface area contributed by atoms with E-state index in [0.717, 1.165) is 13.0 Å². The summed E-state index contributed by atoms with van der Waals surface area (Å²) in [6.07, 6.45) is 1.12. The Kier molecular flexibility index (Phi) is 7.94. The van der Waals surface area contributed by atoms with Crippen LogP contribution in [0.5, 0.6) is 0 Å². The van der Waals surface area contributed by atoms with Gasteiger partial charge in [-0.1, -0.05) is 52.0 Å². The Morgan fingerprint density at radius 2 is 1.76 bits per heavy atom. The van der Waals surface area contributed by atoms with E-state index in [0.29, 0.717) is 19.8 Å². The number of hydrogen-bond donors (Lipinski definition) is 1. The second kappa shape index (κ2) is 9.19. The van der Waals surface area contributed by atoms with Crippen LogP contribution in [0, 0.1) is 0 Å². The lowest BCUT2D eigenvalue weighted by atomic mass is 9.86. The van der Waals surface area contributed by atoms with Crippen molar-refractivity contribution in [3.8, 4) is 0 Å². The van der Waals surface area contributed by atoms with Crippen LogP contribution in [-0.2, 0) is 14.9 Å². The summed E-state index contributed by atoms with van der Waals surface area (Å²) >= 11 is 0. The quantitative estimate of drug-likeness (QED) is 0.704. The fourth-order valence-corrected chi connectivity index (χ4v) is 2.15. The van der Waals surface area contributed by atoms with Crippen molar-refractivity contribution in [1.82, 2.24) is 5.32 Å². The zero-order valence-electron chi connectivity index (χ0n) is 14.2. The first-order valence-corrected chi connectivity index (χ1v) is 7.89. The van der Waals surface area contributed by atoms with Gasteiger partial charge >= 0.3 is 0 Å². The zero-order valence-corrected chi connectivity index (χ0v) is 14.2. The van der Waals surface area contributed by atoms with Crippen molar-refractivity contribution in [2.75, 3.05) is 33.5 Å². The van der Waals surface area contributed by atoms with Gasteiger partial charge in [-0.25, -0.2) is 0 Å². The summed E-state index contributed by atoms with van der Waals surface area (Å²) < 4.78 is 10.7. The van der Waals surface area contributed by atoms with E-state index in [1.54, 1.807) is 7.11 Å². The summed E-state index contributed by atoms with van der Waals surface area (Å²) in [7, 11) is 1.70. The summed E-state index contributed by atoms with van der Waals surface area (Å²) in [5.74, 6) is 0. The lowest BCUT2D eigenvalue weighted by Gasteiger charge is -2.22.